The van der Waals surface area contributed by atoms with E-state index in [2.05, 4.69) is 16.0 Å². The Morgan fingerprint density at radius 1 is 1.41 bits per heavy atom. The molecular formula is C17H25N3O2. The SMILES string of the molecule is CCC(C)NC(=O)c1cccc(CNC(=O)C2CCCN2)c1. The molecule has 5 nitrogen and oxygen atoms in total. The maximum Gasteiger partial charge on any atom is 0.251 e. The van der Waals surface area contributed by atoms with Crippen molar-refractivity contribution in [2.24, 2.45) is 0 Å². The lowest BCUT2D eigenvalue weighted by molar-refractivity contribution is -0.122. The lowest BCUT2D eigenvalue weighted by atomic mass is 10.1. The molecule has 1 saturated heterocycles. The molecular weight excluding hydrogens is 278 g/mol. The van der Waals surface area contributed by atoms with E-state index >= 15 is 0 Å². The molecule has 0 aliphatic carbocycles. The first-order chi connectivity index (χ1) is 10.6. The Bertz CT molecular complexity index is 524. The van der Waals surface area contributed by atoms with Crippen LogP contribution in [0.2, 0.25) is 0 Å². The number of rotatable bonds is 6. The first-order valence-corrected chi connectivity index (χ1v) is 8.01. The molecule has 1 aromatic carbocycles. The summed E-state index contributed by atoms with van der Waals surface area (Å²) in [6.07, 6.45) is 2.84. The van der Waals surface area contributed by atoms with Gasteiger partial charge in [0.15, 0.2) is 0 Å². The summed E-state index contributed by atoms with van der Waals surface area (Å²) in [5.74, 6) is -0.0352. The lowest BCUT2D eigenvalue weighted by Gasteiger charge is -2.13. The summed E-state index contributed by atoms with van der Waals surface area (Å²) in [6.45, 7) is 5.37. The van der Waals surface area contributed by atoms with Crippen molar-refractivity contribution in [2.45, 2.75) is 51.7 Å². The van der Waals surface area contributed by atoms with Crippen molar-refractivity contribution < 1.29 is 9.59 Å². The van der Waals surface area contributed by atoms with Crippen molar-refractivity contribution in [3.63, 3.8) is 0 Å². The van der Waals surface area contributed by atoms with Gasteiger partial charge in [-0.2, -0.15) is 0 Å². The quantitative estimate of drug-likeness (QED) is 0.747. The minimum atomic E-state index is -0.0723. The molecule has 0 saturated carbocycles. The molecule has 3 N–H and O–H groups in total. The highest BCUT2D eigenvalue weighted by Crippen LogP contribution is 2.08. The van der Waals surface area contributed by atoms with E-state index < -0.39 is 0 Å². The van der Waals surface area contributed by atoms with Crippen LogP contribution >= 0.6 is 0 Å². The lowest BCUT2D eigenvalue weighted by Crippen LogP contribution is -2.40. The zero-order chi connectivity index (χ0) is 15.9. The average molecular weight is 303 g/mol. The molecule has 0 radical (unpaired) electrons. The summed E-state index contributed by atoms with van der Waals surface area (Å²) in [4.78, 5) is 24.1. The molecule has 1 aliphatic rings. The van der Waals surface area contributed by atoms with Crippen LogP contribution in [0.1, 0.15) is 49.0 Å². The molecule has 1 fully saturated rings. The Labute approximate surface area is 131 Å². The van der Waals surface area contributed by atoms with E-state index in [9.17, 15) is 9.59 Å². The second kappa shape index (κ2) is 7.94. The van der Waals surface area contributed by atoms with Gasteiger partial charge in [0.1, 0.15) is 0 Å². The summed E-state index contributed by atoms with van der Waals surface area (Å²) >= 11 is 0. The zero-order valence-electron chi connectivity index (χ0n) is 13.3. The van der Waals surface area contributed by atoms with Gasteiger partial charge in [-0.15, -0.1) is 0 Å². The molecule has 22 heavy (non-hydrogen) atoms. The molecule has 1 aliphatic heterocycles. The molecule has 5 heteroatoms. The summed E-state index contributed by atoms with van der Waals surface area (Å²) in [5.41, 5.74) is 1.56. The summed E-state index contributed by atoms with van der Waals surface area (Å²) in [6, 6.07) is 7.48. The first kappa shape index (κ1) is 16.5. The summed E-state index contributed by atoms with van der Waals surface area (Å²) < 4.78 is 0. The zero-order valence-corrected chi connectivity index (χ0v) is 13.3. The van der Waals surface area contributed by atoms with Crippen LogP contribution in [0.15, 0.2) is 24.3 Å². The number of amides is 2. The number of carbonyl (C=O) groups is 2. The fourth-order valence-corrected chi connectivity index (χ4v) is 2.45. The topological polar surface area (TPSA) is 70.2 Å². The molecule has 0 aromatic heterocycles. The monoisotopic (exact) mass is 303 g/mol. The fourth-order valence-electron chi connectivity index (χ4n) is 2.45. The number of nitrogens with one attached hydrogen (secondary N) is 3. The van der Waals surface area contributed by atoms with Crippen LogP contribution in [0, 0.1) is 0 Å². The Balaban J connectivity index is 1.90. The van der Waals surface area contributed by atoms with E-state index in [1.54, 1.807) is 6.07 Å². The first-order valence-electron chi connectivity index (χ1n) is 8.01. The third-order valence-electron chi connectivity index (χ3n) is 4.02. The molecule has 2 rings (SSSR count). The van der Waals surface area contributed by atoms with Crippen LogP contribution in [-0.2, 0) is 11.3 Å². The minimum absolute atomic E-state index is 0.0342. The number of hydrogen-bond donors (Lipinski definition) is 3. The average Bonchev–Trinajstić information content (AvgIpc) is 3.07. The van der Waals surface area contributed by atoms with E-state index in [0.29, 0.717) is 12.1 Å². The van der Waals surface area contributed by atoms with Crippen LogP contribution in [0.3, 0.4) is 0 Å². The number of hydrogen-bond acceptors (Lipinski definition) is 3. The molecule has 0 spiro atoms. The normalized spacial score (nSPS) is 18.7. The Kier molecular flexibility index (Phi) is 5.95. The molecule has 0 bridgehead atoms. The van der Waals surface area contributed by atoms with Gasteiger partial charge in [-0.1, -0.05) is 19.1 Å². The van der Waals surface area contributed by atoms with Crippen molar-refractivity contribution >= 4 is 11.8 Å². The van der Waals surface area contributed by atoms with E-state index in [-0.39, 0.29) is 23.9 Å². The standard InChI is InChI=1S/C17H25N3O2/c1-3-12(2)20-16(21)14-7-4-6-13(10-14)11-19-17(22)15-8-5-9-18-15/h4,6-7,10,12,15,18H,3,5,8-9,11H2,1-2H3,(H,19,22)(H,20,21). The minimum Gasteiger partial charge on any atom is -0.351 e. The summed E-state index contributed by atoms with van der Waals surface area (Å²) in [5, 5.41) is 9.05. The van der Waals surface area contributed by atoms with Gasteiger partial charge in [-0.3, -0.25) is 9.59 Å². The van der Waals surface area contributed by atoms with Gasteiger partial charge in [0.25, 0.3) is 5.91 Å². The van der Waals surface area contributed by atoms with E-state index in [1.165, 1.54) is 0 Å². The van der Waals surface area contributed by atoms with Crippen LogP contribution in [0.25, 0.3) is 0 Å². The van der Waals surface area contributed by atoms with Crippen LogP contribution < -0.4 is 16.0 Å². The smallest absolute Gasteiger partial charge is 0.251 e. The molecule has 1 heterocycles. The van der Waals surface area contributed by atoms with Crippen molar-refractivity contribution in [1.29, 1.82) is 0 Å². The largest absolute Gasteiger partial charge is 0.351 e. The maximum absolute atomic E-state index is 12.1. The maximum atomic E-state index is 12.1. The summed E-state index contributed by atoms with van der Waals surface area (Å²) in [7, 11) is 0. The van der Waals surface area contributed by atoms with Crippen molar-refractivity contribution in [1.82, 2.24) is 16.0 Å². The van der Waals surface area contributed by atoms with Gasteiger partial charge in [-0.25, -0.2) is 0 Å². The Morgan fingerprint density at radius 2 is 2.23 bits per heavy atom. The molecule has 1 aromatic rings. The predicted octanol–water partition coefficient (Wildman–Crippen LogP) is 1.58. The van der Waals surface area contributed by atoms with Crippen molar-refractivity contribution in [2.75, 3.05) is 6.54 Å². The van der Waals surface area contributed by atoms with Crippen LogP contribution in [0.5, 0.6) is 0 Å². The van der Waals surface area contributed by atoms with Crippen molar-refractivity contribution in [3.05, 3.63) is 35.4 Å². The molecule has 2 unspecified atom stereocenters. The van der Waals surface area contributed by atoms with Gasteiger partial charge in [0.05, 0.1) is 6.04 Å². The van der Waals surface area contributed by atoms with E-state index in [4.69, 9.17) is 0 Å². The second-order valence-corrected chi connectivity index (χ2v) is 5.85. The third-order valence-corrected chi connectivity index (χ3v) is 4.02. The van der Waals surface area contributed by atoms with Crippen LogP contribution in [0.4, 0.5) is 0 Å². The van der Waals surface area contributed by atoms with Crippen LogP contribution in [-0.4, -0.2) is 30.4 Å². The molecule has 120 valence electrons. The molecule has 2 amide bonds. The van der Waals surface area contributed by atoms with Gasteiger partial charge >= 0.3 is 0 Å². The third kappa shape index (κ3) is 4.56. The van der Waals surface area contributed by atoms with E-state index in [0.717, 1.165) is 31.4 Å². The fraction of sp³-hybridized carbons (Fsp3) is 0.529. The number of carbonyl (C=O) groups excluding carboxylic acids is 2. The highest BCUT2D eigenvalue weighted by Gasteiger charge is 2.21. The van der Waals surface area contributed by atoms with E-state index in [1.807, 2.05) is 32.0 Å². The highest BCUT2D eigenvalue weighted by atomic mass is 16.2. The Hall–Kier alpha value is -1.88. The second-order valence-electron chi connectivity index (χ2n) is 5.85. The Morgan fingerprint density at radius 3 is 2.91 bits per heavy atom. The van der Waals surface area contributed by atoms with Gasteiger partial charge in [0.2, 0.25) is 5.91 Å². The van der Waals surface area contributed by atoms with Gasteiger partial charge in [-0.05, 0) is 50.4 Å². The molecule has 2 atom stereocenters. The van der Waals surface area contributed by atoms with Gasteiger partial charge in [0, 0.05) is 18.2 Å². The highest BCUT2D eigenvalue weighted by molar-refractivity contribution is 5.94. The predicted molar refractivity (Wildman–Crippen MR) is 86.5 cm³/mol. The van der Waals surface area contributed by atoms with Gasteiger partial charge < -0.3 is 16.0 Å². The van der Waals surface area contributed by atoms with Crippen molar-refractivity contribution in [3.8, 4) is 0 Å². The number of benzene rings is 1.